The molecule has 9 heteroatoms. The van der Waals surface area contributed by atoms with Crippen molar-refractivity contribution in [3.05, 3.63) is 46.2 Å². The van der Waals surface area contributed by atoms with E-state index in [4.69, 9.17) is 5.11 Å². The number of thiazole rings is 1. The van der Waals surface area contributed by atoms with E-state index < -0.39 is 27.4 Å². The first-order valence-corrected chi connectivity index (χ1v) is 7.66. The Hall–Kier alpha value is -1.84. The summed E-state index contributed by atoms with van der Waals surface area (Å²) in [5, 5.41) is 8.77. The Kier molecular flexibility index (Phi) is 4.12. The first kappa shape index (κ1) is 14.6. The SMILES string of the molecule is O=C(O)c1cc(S(=O)(=O)NCc2cncs2)ccc1F. The smallest absolute Gasteiger partial charge is 0.338 e. The maximum absolute atomic E-state index is 13.2. The summed E-state index contributed by atoms with van der Waals surface area (Å²) >= 11 is 1.28. The molecule has 1 aromatic heterocycles. The average molecular weight is 316 g/mol. The van der Waals surface area contributed by atoms with Crippen molar-refractivity contribution in [2.45, 2.75) is 11.4 Å². The van der Waals surface area contributed by atoms with Crippen molar-refractivity contribution >= 4 is 27.3 Å². The molecule has 0 aliphatic heterocycles. The monoisotopic (exact) mass is 316 g/mol. The number of nitrogens with one attached hydrogen (secondary N) is 1. The maximum Gasteiger partial charge on any atom is 0.338 e. The van der Waals surface area contributed by atoms with Crippen LogP contribution in [0.4, 0.5) is 4.39 Å². The summed E-state index contributed by atoms with van der Waals surface area (Å²) in [4.78, 5) is 15.0. The van der Waals surface area contributed by atoms with Crippen molar-refractivity contribution in [3.63, 3.8) is 0 Å². The summed E-state index contributed by atoms with van der Waals surface area (Å²) in [6.07, 6.45) is 1.51. The van der Waals surface area contributed by atoms with Gasteiger partial charge in [-0.05, 0) is 18.2 Å². The molecule has 0 aliphatic carbocycles. The minimum atomic E-state index is -3.91. The molecule has 0 atom stereocenters. The van der Waals surface area contributed by atoms with Gasteiger partial charge in [-0.3, -0.25) is 4.98 Å². The molecule has 0 amide bonds. The van der Waals surface area contributed by atoms with Gasteiger partial charge in [0.25, 0.3) is 0 Å². The number of aromatic carboxylic acids is 1. The van der Waals surface area contributed by atoms with Gasteiger partial charge in [0, 0.05) is 17.6 Å². The molecule has 2 aromatic rings. The van der Waals surface area contributed by atoms with E-state index in [9.17, 15) is 17.6 Å². The van der Waals surface area contributed by atoms with Gasteiger partial charge < -0.3 is 5.11 Å². The van der Waals surface area contributed by atoms with E-state index in [2.05, 4.69) is 9.71 Å². The van der Waals surface area contributed by atoms with Crippen LogP contribution in [-0.2, 0) is 16.6 Å². The van der Waals surface area contributed by atoms with E-state index in [0.717, 1.165) is 18.2 Å². The lowest BCUT2D eigenvalue weighted by Gasteiger charge is -2.06. The van der Waals surface area contributed by atoms with Crippen molar-refractivity contribution in [2.75, 3.05) is 0 Å². The van der Waals surface area contributed by atoms with Gasteiger partial charge in [0.2, 0.25) is 10.0 Å². The Morgan fingerprint density at radius 3 is 2.80 bits per heavy atom. The molecule has 0 unspecified atom stereocenters. The van der Waals surface area contributed by atoms with Crippen LogP contribution in [0.3, 0.4) is 0 Å². The molecular formula is C11H9FN2O4S2. The molecule has 6 nitrogen and oxygen atoms in total. The highest BCUT2D eigenvalue weighted by Gasteiger charge is 2.19. The number of hydrogen-bond donors (Lipinski definition) is 2. The molecule has 0 saturated heterocycles. The summed E-state index contributed by atoms with van der Waals surface area (Å²) in [6, 6.07) is 2.61. The third kappa shape index (κ3) is 3.18. The van der Waals surface area contributed by atoms with E-state index in [1.165, 1.54) is 17.5 Å². The molecule has 0 saturated carbocycles. The van der Waals surface area contributed by atoms with Gasteiger partial charge in [0.1, 0.15) is 5.82 Å². The lowest BCUT2D eigenvalue weighted by Crippen LogP contribution is -2.23. The zero-order chi connectivity index (χ0) is 14.8. The lowest BCUT2D eigenvalue weighted by atomic mass is 10.2. The average Bonchev–Trinajstić information content (AvgIpc) is 2.89. The fourth-order valence-electron chi connectivity index (χ4n) is 1.41. The second-order valence-corrected chi connectivity index (χ2v) is 6.48. The number of carbonyl (C=O) groups is 1. The van der Waals surface area contributed by atoms with Gasteiger partial charge in [-0.25, -0.2) is 22.3 Å². The van der Waals surface area contributed by atoms with E-state index in [1.54, 1.807) is 5.51 Å². The van der Waals surface area contributed by atoms with Gasteiger partial charge in [-0.2, -0.15) is 0 Å². The van der Waals surface area contributed by atoms with Crippen LogP contribution in [0.5, 0.6) is 0 Å². The van der Waals surface area contributed by atoms with Crippen molar-refractivity contribution in [1.29, 1.82) is 0 Å². The Balaban J connectivity index is 2.25. The number of sulfonamides is 1. The fourth-order valence-corrected chi connectivity index (χ4v) is 3.07. The van der Waals surface area contributed by atoms with Crippen molar-refractivity contribution in [1.82, 2.24) is 9.71 Å². The number of hydrogen-bond acceptors (Lipinski definition) is 5. The van der Waals surface area contributed by atoms with Crippen LogP contribution >= 0.6 is 11.3 Å². The molecule has 0 bridgehead atoms. The summed E-state index contributed by atoms with van der Waals surface area (Å²) in [7, 11) is -3.91. The molecule has 2 N–H and O–H groups in total. The van der Waals surface area contributed by atoms with Crippen LogP contribution in [0, 0.1) is 5.82 Å². The zero-order valence-electron chi connectivity index (χ0n) is 9.91. The van der Waals surface area contributed by atoms with Crippen LogP contribution in [0.15, 0.2) is 34.8 Å². The summed E-state index contributed by atoms with van der Waals surface area (Å²) < 4.78 is 39.4. The van der Waals surface area contributed by atoms with E-state index >= 15 is 0 Å². The summed E-state index contributed by atoms with van der Waals surface area (Å²) in [6.45, 7) is 0.0345. The Morgan fingerprint density at radius 1 is 1.45 bits per heavy atom. The van der Waals surface area contributed by atoms with Gasteiger partial charge in [0.15, 0.2) is 0 Å². The number of aromatic nitrogens is 1. The quantitative estimate of drug-likeness (QED) is 0.870. The number of carboxylic acids is 1. The molecule has 0 spiro atoms. The summed E-state index contributed by atoms with van der Waals surface area (Å²) in [5.41, 5.74) is 0.870. The second kappa shape index (κ2) is 5.65. The van der Waals surface area contributed by atoms with E-state index in [1.807, 2.05) is 0 Å². The fraction of sp³-hybridized carbons (Fsp3) is 0.0909. The Labute approximate surface area is 118 Å². The molecular weight excluding hydrogens is 307 g/mol. The van der Waals surface area contributed by atoms with Crippen LogP contribution in [-0.4, -0.2) is 24.5 Å². The summed E-state index contributed by atoms with van der Waals surface area (Å²) in [5.74, 6) is -2.51. The number of nitrogens with zero attached hydrogens (tertiary/aromatic N) is 1. The van der Waals surface area contributed by atoms with Gasteiger partial charge in [-0.1, -0.05) is 0 Å². The molecule has 106 valence electrons. The van der Waals surface area contributed by atoms with Gasteiger partial charge >= 0.3 is 5.97 Å². The molecule has 1 aromatic carbocycles. The van der Waals surface area contributed by atoms with Crippen molar-refractivity contribution < 1.29 is 22.7 Å². The third-order valence-corrected chi connectivity index (χ3v) is 4.58. The predicted molar refractivity (Wildman–Crippen MR) is 69.5 cm³/mol. The Bertz CT molecular complexity index is 729. The molecule has 20 heavy (non-hydrogen) atoms. The first-order valence-electron chi connectivity index (χ1n) is 5.30. The minimum Gasteiger partial charge on any atom is -0.478 e. The normalized spacial score (nSPS) is 11.4. The highest BCUT2D eigenvalue weighted by atomic mass is 32.2. The lowest BCUT2D eigenvalue weighted by molar-refractivity contribution is 0.0691. The van der Waals surface area contributed by atoms with E-state index in [0.29, 0.717) is 4.88 Å². The third-order valence-electron chi connectivity index (χ3n) is 2.40. The number of carboxylic acid groups (broad SMARTS) is 1. The van der Waals surface area contributed by atoms with E-state index in [-0.39, 0.29) is 11.4 Å². The van der Waals surface area contributed by atoms with Gasteiger partial charge in [-0.15, -0.1) is 11.3 Å². The maximum atomic E-state index is 13.2. The number of benzene rings is 1. The number of rotatable bonds is 5. The molecule has 0 aliphatic rings. The molecule has 0 fully saturated rings. The molecule has 2 rings (SSSR count). The van der Waals surface area contributed by atoms with Crippen LogP contribution in [0.1, 0.15) is 15.2 Å². The number of halogens is 1. The largest absolute Gasteiger partial charge is 0.478 e. The molecule has 0 radical (unpaired) electrons. The minimum absolute atomic E-state index is 0.0345. The highest BCUT2D eigenvalue weighted by molar-refractivity contribution is 7.89. The van der Waals surface area contributed by atoms with Gasteiger partial charge in [0.05, 0.1) is 16.0 Å². The van der Waals surface area contributed by atoms with Crippen LogP contribution in [0.2, 0.25) is 0 Å². The van der Waals surface area contributed by atoms with Crippen molar-refractivity contribution in [3.8, 4) is 0 Å². The standard InChI is InChI=1S/C11H9FN2O4S2/c12-10-2-1-8(3-9(10)11(15)16)20(17,18)14-5-7-4-13-6-19-7/h1-4,6,14H,5H2,(H,15,16). The predicted octanol–water partition coefficient (Wildman–Crippen LogP) is 1.46. The topological polar surface area (TPSA) is 96.4 Å². The highest BCUT2D eigenvalue weighted by Crippen LogP contribution is 2.16. The van der Waals surface area contributed by atoms with Crippen LogP contribution < -0.4 is 4.72 Å². The van der Waals surface area contributed by atoms with Crippen LogP contribution in [0.25, 0.3) is 0 Å². The Morgan fingerprint density at radius 2 is 2.20 bits per heavy atom. The zero-order valence-corrected chi connectivity index (χ0v) is 11.5. The molecule has 1 heterocycles. The van der Waals surface area contributed by atoms with Crippen molar-refractivity contribution in [2.24, 2.45) is 0 Å². The second-order valence-electron chi connectivity index (χ2n) is 3.74. The first-order chi connectivity index (χ1) is 9.40.